The maximum absolute atomic E-state index is 12.1. The van der Waals surface area contributed by atoms with E-state index in [0.29, 0.717) is 11.4 Å². The SMILES string of the molecule is O=S(=O)(NCC1CCCCC1CO)c1ccccc1. The summed E-state index contributed by atoms with van der Waals surface area (Å²) in [5.41, 5.74) is 0. The molecule has 0 bridgehead atoms. The van der Waals surface area contributed by atoms with E-state index in [4.69, 9.17) is 0 Å². The molecule has 0 amide bonds. The van der Waals surface area contributed by atoms with E-state index in [1.807, 2.05) is 0 Å². The smallest absolute Gasteiger partial charge is 0.240 e. The number of nitrogens with one attached hydrogen (secondary N) is 1. The van der Waals surface area contributed by atoms with Crippen LogP contribution in [-0.2, 0) is 10.0 Å². The van der Waals surface area contributed by atoms with Gasteiger partial charge in [-0.15, -0.1) is 0 Å². The van der Waals surface area contributed by atoms with Gasteiger partial charge < -0.3 is 5.11 Å². The van der Waals surface area contributed by atoms with Crippen molar-refractivity contribution in [3.05, 3.63) is 30.3 Å². The molecule has 0 heterocycles. The van der Waals surface area contributed by atoms with Gasteiger partial charge in [-0.1, -0.05) is 31.0 Å². The van der Waals surface area contributed by atoms with E-state index in [1.165, 1.54) is 0 Å². The first-order valence-corrected chi connectivity index (χ1v) is 8.27. The van der Waals surface area contributed by atoms with Gasteiger partial charge in [0.15, 0.2) is 0 Å². The number of aliphatic hydroxyl groups is 1. The Labute approximate surface area is 114 Å². The van der Waals surface area contributed by atoms with Gasteiger partial charge >= 0.3 is 0 Å². The van der Waals surface area contributed by atoms with E-state index in [2.05, 4.69) is 4.72 Å². The summed E-state index contributed by atoms with van der Waals surface area (Å²) in [7, 11) is -3.42. The molecule has 1 aromatic rings. The van der Waals surface area contributed by atoms with Gasteiger partial charge in [0.2, 0.25) is 10.0 Å². The summed E-state index contributed by atoms with van der Waals surface area (Å²) in [6.45, 7) is 0.570. The molecule has 1 fully saturated rings. The van der Waals surface area contributed by atoms with Crippen LogP contribution in [0.4, 0.5) is 0 Å². The molecule has 0 spiro atoms. The first-order valence-electron chi connectivity index (χ1n) is 6.79. The number of hydrogen-bond acceptors (Lipinski definition) is 3. The summed E-state index contributed by atoms with van der Waals surface area (Å²) in [5.74, 6) is 0.476. The van der Waals surface area contributed by atoms with E-state index >= 15 is 0 Å². The van der Waals surface area contributed by atoms with Crippen molar-refractivity contribution in [2.45, 2.75) is 30.6 Å². The molecule has 0 saturated heterocycles. The number of aliphatic hydroxyl groups excluding tert-OH is 1. The monoisotopic (exact) mass is 283 g/mol. The molecule has 0 aliphatic heterocycles. The molecule has 2 unspecified atom stereocenters. The zero-order valence-corrected chi connectivity index (χ0v) is 11.8. The Bertz CT molecular complexity index is 487. The lowest BCUT2D eigenvalue weighted by Crippen LogP contribution is -2.35. The molecule has 19 heavy (non-hydrogen) atoms. The van der Waals surface area contributed by atoms with Crippen LogP contribution < -0.4 is 4.72 Å². The van der Waals surface area contributed by atoms with Crippen molar-refractivity contribution in [3.8, 4) is 0 Å². The van der Waals surface area contributed by atoms with Gasteiger partial charge in [-0.3, -0.25) is 0 Å². The second-order valence-electron chi connectivity index (χ2n) is 5.15. The lowest BCUT2D eigenvalue weighted by Gasteiger charge is -2.30. The van der Waals surface area contributed by atoms with Crippen LogP contribution in [0.25, 0.3) is 0 Å². The zero-order chi connectivity index (χ0) is 13.7. The number of benzene rings is 1. The van der Waals surface area contributed by atoms with Gasteiger partial charge in [-0.25, -0.2) is 13.1 Å². The largest absolute Gasteiger partial charge is 0.396 e. The summed E-state index contributed by atoms with van der Waals surface area (Å²) in [6, 6.07) is 8.40. The second kappa shape index (κ2) is 6.50. The minimum atomic E-state index is -3.42. The molecule has 5 heteroatoms. The van der Waals surface area contributed by atoms with E-state index in [1.54, 1.807) is 30.3 Å². The predicted octanol–water partition coefficient (Wildman–Crippen LogP) is 1.76. The summed E-state index contributed by atoms with van der Waals surface area (Å²) in [4.78, 5) is 0.298. The average Bonchev–Trinajstić information content (AvgIpc) is 2.46. The van der Waals surface area contributed by atoms with Crippen LogP contribution in [0.1, 0.15) is 25.7 Å². The number of hydrogen-bond donors (Lipinski definition) is 2. The Morgan fingerprint density at radius 2 is 1.74 bits per heavy atom. The van der Waals surface area contributed by atoms with Crippen LogP contribution in [0, 0.1) is 11.8 Å². The summed E-state index contributed by atoms with van der Waals surface area (Å²) < 4.78 is 26.9. The predicted molar refractivity (Wildman–Crippen MR) is 74.2 cm³/mol. The zero-order valence-electron chi connectivity index (χ0n) is 11.0. The maximum atomic E-state index is 12.1. The fraction of sp³-hybridized carbons (Fsp3) is 0.571. The molecule has 0 radical (unpaired) electrons. The number of rotatable bonds is 5. The Morgan fingerprint density at radius 3 is 2.37 bits per heavy atom. The third-order valence-electron chi connectivity index (χ3n) is 3.89. The van der Waals surface area contributed by atoms with Crippen LogP contribution in [-0.4, -0.2) is 26.7 Å². The minimum absolute atomic E-state index is 0.151. The minimum Gasteiger partial charge on any atom is -0.396 e. The Kier molecular flexibility index (Phi) is 4.96. The van der Waals surface area contributed by atoms with Crippen molar-refractivity contribution in [1.82, 2.24) is 4.72 Å². The van der Waals surface area contributed by atoms with Gasteiger partial charge in [0.1, 0.15) is 0 Å². The maximum Gasteiger partial charge on any atom is 0.240 e. The van der Waals surface area contributed by atoms with E-state index < -0.39 is 10.0 Å². The molecule has 2 atom stereocenters. The van der Waals surface area contributed by atoms with Crippen molar-refractivity contribution in [1.29, 1.82) is 0 Å². The third kappa shape index (κ3) is 3.78. The van der Waals surface area contributed by atoms with Crippen LogP contribution >= 0.6 is 0 Å². The van der Waals surface area contributed by atoms with Gasteiger partial charge in [0, 0.05) is 13.2 Å². The van der Waals surface area contributed by atoms with Gasteiger partial charge in [0.25, 0.3) is 0 Å². The molecule has 4 nitrogen and oxygen atoms in total. The van der Waals surface area contributed by atoms with E-state index in [-0.39, 0.29) is 18.4 Å². The lowest BCUT2D eigenvalue weighted by molar-refractivity contribution is 0.136. The van der Waals surface area contributed by atoms with Crippen molar-refractivity contribution < 1.29 is 13.5 Å². The van der Waals surface area contributed by atoms with Crippen molar-refractivity contribution in [2.24, 2.45) is 11.8 Å². The first kappa shape index (κ1) is 14.5. The summed E-state index contributed by atoms with van der Waals surface area (Å²) in [5, 5.41) is 9.33. The van der Waals surface area contributed by atoms with Crippen molar-refractivity contribution >= 4 is 10.0 Å². The average molecular weight is 283 g/mol. The van der Waals surface area contributed by atoms with Gasteiger partial charge in [0.05, 0.1) is 4.90 Å². The third-order valence-corrected chi connectivity index (χ3v) is 5.33. The molecule has 1 saturated carbocycles. The normalized spacial score (nSPS) is 24.3. The van der Waals surface area contributed by atoms with E-state index in [0.717, 1.165) is 25.7 Å². The highest BCUT2D eigenvalue weighted by molar-refractivity contribution is 7.89. The second-order valence-corrected chi connectivity index (χ2v) is 6.92. The van der Waals surface area contributed by atoms with Crippen molar-refractivity contribution in [2.75, 3.05) is 13.2 Å². The highest BCUT2D eigenvalue weighted by Crippen LogP contribution is 2.29. The highest BCUT2D eigenvalue weighted by atomic mass is 32.2. The fourth-order valence-corrected chi connectivity index (χ4v) is 3.81. The topological polar surface area (TPSA) is 66.4 Å². The first-order chi connectivity index (χ1) is 9.13. The van der Waals surface area contributed by atoms with Crippen LogP contribution in [0.2, 0.25) is 0 Å². The Morgan fingerprint density at radius 1 is 1.11 bits per heavy atom. The number of sulfonamides is 1. The molecule has 1 aliphatic carbocycles. The lowest BCUT2D eigenvalue weighted by atomic mass is 9.80. The molecule has 106 valence electrons. The van der Waals surface area contributed by atoms with Gasteiger partial charge in [-0.05, 0) is 36.8 Å². The molecule has 1 aliphatic rings. The van der Waals surface area contributed by atoms with Crippen molar-refractivity contribution in [3.63, 3.8) is 0 Å². The molecule has 0 aromatic heterocycles. The standard InChI is InChI=1S/C14H21NO3S/c16-11-13-7-5-4-6-12(13)10-15-19(17,18)14-8-2-1-3-9-14/h1-3,8-9,12-13,15-16H,4-7,10-11H2. The van der Waals surface area contributed by atoms with Gasteiger partial charge in [-0.2, -0.15) is 0 Å². The molecular formula is C14H21NO3S. The Hall–Kier alpha value is -0.910. The summed E-state index contributed by atoms with van der Waals surface area (Å²) in [6.07, 6.45) is 4.23. The molecular weight excluding hydrogens is 262 g/mol. The quantitative estimate of drug-likeness (QED) is 0.865. The summed E-state index contributed by atoms with van der Waals surface area (Å²) >= 11 is 0. The molecule has 2 rings (SSSR count). The van der Waals surface area contributed by atoms with E-state index in [9.17, 15) is 13.5 Å². The van der Waals surface area contributed by atoms with Crippen LogP contribution in [0.3, 0.4) is 0 Å². The van der Waals surface area contributed by atoms with Crippen LogP contribution in [0.15, 0.2) is 35.2 Å². The Balaban J connectivity index is 1.98. The molecule has 1 aromatic carbocycles. The van der Waals surface area contributed by atoms with Crippen LogP contribution in [0.5, 0.6) is 0 Å². The highest BCUT2D eigenvalue weighted by Gasteiger charge is 2.26. The molecule has 2 N–H and O–H groups in total. The fourth-order valence-electron chi connectivity index (χ4n) is 2.69.